The SMILES string of the molecule is CCC(c1nc2ccccc2c(=O)n1CC)N1CCN(C(=O)c2ccc(F)cc2)C(C)C1. The van der Waals surface area contributed by atoms with E-state index in [0.717, 1.165) is 12.2 Å². The van der Waals surface area contributed by atoms with Crippen LogP contribution in [0.3, 0.4) is 0 Å². The molecule has 1 saturated heterocycles. The van der Waals surface area contributed by atoms with E-state index in [1.807, 2.05) is 43.0 Å². The number of fused-ring (bicyclic) bond motifs is 1. The smallest absolute Gasteiger partial charge is 0.261 e. The minimum Gasteiger partial charge on any atom is -0.333 e. The number of carbonyl (C=O) groups is 1. The highest BCUT2D eigenvalue weighted by Gasteiger charge is 2.33. The highest BCUT2D eigenvalue weighted by atomic mass is 19.1. The second-order valence-corrected chi connectivity index (χ2v) is 8.31. The van der Waals surface area contributed by atoms with Crippen molar-refractivity contribution in [3.63, 3.8) is 0 Å². The molecule has 0 bridgehead atoms. The van der Waals surface area contributed by atoms with Gasteiger partial charge in [-0.2, -0.15) is 0 Å². The molecule has 2 atom stereocenters. The molecule has 0 saturated carbocycles. The molecule has 1 amide bonds. The zero-order chi connectivity index (χ0) is 22.8. The summed E-state index contributed by atoms with van der Waals surface area (Å²) in [6, 6.07) is 13.1. The third kappa shape index (κ3) is 4.05. The third-order valence-corrected chi connectivity index (χ3v) is 6.34. The Morgan fingerprint density at radius 3 is 2.50 bits per heavy atom. The van der Waals surface area contributed by atoms with Gasteiger partial charge in [0.2, 0.25) is 0 Å². The Hall–Kier alpha value is -3.06. The van der Waals surface area contributed by atoms with Crippen LogP contribution in [0.25, 0.3) is 10.9 Å². The van der Waals surface area contributed by atoms with Crippen molar-refractivity contribution in [3.8, 4) is 0 Å². The van der Waals surface area contributed by atoms with Gasteiger partial charge < -0.3 is 4.90 Å². The standard InChI is InChI=1S/C25H29FN4O2/c1-4-22(23-27-21-9-7-6-8-20(21)25(32)29(23)5-2)28-14-15-30(17(3)16-28)24(31)18-10-12-19(26)13-11-18/h6-13,17,22H,4-5,14-16H2,1-3H3. The van der Waals surface area contributed by atoms with Gasteiger partial charge in [-0.15, -0.1) is 0 Å². The molecule has 7 heteroatoms. The number of hydrogen-bond donors (Lipinski definition) is 0. The molecule has 168 valence electrons. The lowest BCUT2D eigenvalue weighted by Gasteiger charge is -2.43. The first-order chi connectivity index (χ1) is 15.4. The van der Waals surface area contributed by atoms with Gasteiger partial charge in [-0.1, -0.05) is 19.1 Å². The average molecular weight is 437 g/mol. The maximum atomic E-state index is 13.2. The van der Waals surface area contributed by atoms with Crippen LogP contribution in [0.1, 0.15) is 49.4 Å². The first-order valence-electron chi connectivity index (χ1n) is 11.2. The molecule has 0 aliphatic carbocycles. The number of nitrogens with zero attached hydrogens (tertiary/aromatic N) is 4. The second-order valence-electron chi connectivity index (χ2n) is 8.31. The molecule has 4 rings (SSSR count). The van der Waals surface area contributed by atoms with E-state index < -0.39 is 0 Å². The molecule has 3 aromatic rings. The Labute approximate surface area is 187 Å². The monoisotopic (exact) mass is 436 g/mol. The lowest BCUT2D eigenvalue weighted by atomic mass is 10.1. The Bertz CT molecular complexity index is 1170. The molecular weight excluding hydrogens is 407 g/mol. The summed E-state index contributed by atoms with van der Waals surface area (Å²) in [6.07, 6.45) is 0.809. The summed E-state index contributed by atoms with van der Waals surface area (Å²) >= 11 is 0. The van der Waals surface area contributed by atoms with Gasteiger partial charge in [0.15, 0.2) is 0 Å². The fraction of sp³-hybridized carbons (Fsp3) is 0.400. The molecule has 2 aromatic carbocycles. The molecule has 1 aliphatic heterocycles. The molecule has 2 unspecified atom stereocenters. The fourth-order valence-corrected chi connectivity index (χ4v) is 4.68. The second kappa shape index (κ2) is 9.20. The van der Waals surface area contributed by atoms with E-state index in [1.165, 1.54) is 24.3 Å². The number of hydrogen-bond acceptors (Lipinski definition) is 4. The maximum absolute atomic E-state index is 13.2. The number of aromatic nitrogens is 2. The van der Waals surface area contributed by atoms with Gasteiger partial charge in [0, 0.05) is 37.8 Å². The van der Waals surface area contributed by atoms with E-state index in [-0.39, 0.29) is 29.4 Å². The summed E-state index contributed by atoms with van der Waals surface area (Å²) in [5, 5.41) is 0.635. The quantitative estimate of drug-likeness (QED) is 0.610. The molecule has 1 aliphatic rings. The van der Waals surface area contributed by atoms with Crippen LogP contribution in [-0.2, 0) is 6.54 Å². The molecule has 0 spiro atoms. The largest absolute Gasteiger partial charge is 0.333 e. The van der Waals surface area contributed by atoms with E-state index in [4.69, 9.17) is 4.98 Å². The van der Waals surface area contributed by atoms with Gasteiger partial charge in [-0.05, 0) is 56.7 Å². The number of rotatable bonds is 5. The minimum atomic E-state index is -0.352. The van der Waals surface area contributed by atoms with Crippen LogP contribution in [0, 0.1) is 5.82 Å². The Morgan fingerprint density at radius 2 is 1.84 bits per heavy atom. The van der Waals surface area contributed by atoms with Gasteiger partial charge in [0.1, 0.15) is 11.6 Å². The first-order valence-corrected chi connectivity index (χ1v) is 11.2. The lowest BCUT2D eigenvalue weighted by Crippen LogP contribution is -2.55. The minimum absolute atomic E-state index is 0.00952. The Balaban J connectivity index is 1.60. The predicted octanol–water partition coefficient (Wildman–Crippen LogP) is 3.85. The highest BCUT2D eigenvalue weighted by Crippen LogP contribution is 2.27. The summed E-state index contributed by atoms with van der Waals surface area (Å²) in [7, 11) is 0. The molecule has 2 heterocycles. The van der Waals surface area contributed by atoms with Crippen molar-refractivity contribution < 1.29 is 9.18 Å². The third-order valence-electron chi connectivity index (χ3n) is 6.34. The zero-order valence-electron chi connectivity index (χ0n) is 18.8. The first kappa shape index (κ1) is 22.1. The molecular formula is C25H29FN4O2. The topological polar surface area (TPSA) is 58.4 Å². The summed E-state index contributed by atoms with van der Waals surface area (Å²) in [5.41, 5.74) is 1.20. The van der Waals surface area contributed by atoms with Crippen molar-refractivity contribution in [1.29, 1.82) is 0 Å². The highest BCUT2D eigenvalue weighted by molar-refractivity contribution is 5.94. The van der Waals surface area contributed by atoms with Crippen LogP contribution >= 0.6 is 0 Å². The lowest BCUT2D eigenvalue weighted by molar-refractivity contribution is 0.0361. The van der Waals surface area contributed by atoms with E-state index >= 15 is 0 Å². The Kier molecular flexibility index (Phi) is 6.37. The molecule has 6 nitrogen and oxygen atoms in total. The van der Waals surface area contributed by atoms with Gasteiger partial charge in [-0.25, -0.2) is 9.37 Å². The van der Waals surface area contributed by atoms with E-state index in [2.05, 4.69) is 11.8 Å². The fourth-order valence-electron chi connectivity index (χ4n) is 4.68. The summed E-state index contributed by atoms with van der Waals surface area (Å²) in [4.78, 5) is 35.1. The van der Waals surface area contributed by atoms with Crippen LogP contribution < -0.4 is 5.56 Å². The van der Waals surface area contributed by atoms with Gasteiger partial charge >= 0.3 is 0 Å². The van der Waals surface area contributed by atoms with Crippen molar-refractivity contribution in [2.45, 2.75) is 45.8 Å². The van der Waals surface area contributed by atoms with Crippen molar-refractivity contribution in [1.82, 2.24) is 19.4 Å². The molecule has 1 fully saturated rings. The molecule has 1 aromatic heterocycles. The number of piperazine rings is 1. The molecule has 0 N–H and O–H groups in total. The van der Waals surface area contributed by atoms with Crippen molar-refractivity contribution in [2.24, 2.45) is 0 Å². The summed E-state index contributed by atoms with van der Waals surface area (Å²) in [5.74, 6) is 0.346. The van der Waals surface area contributed by atoms with Crippen molar-refractivity contribution in [3.05, 3.63) is 76.1 Å². The Morgan fingerprint density at radius 1 is 1.12 bits per heavy atom. The zero-order valence-corrected chi connectivity index (χ0v) is 18.8. The number of para-hydroxylation sites is 1. The molecule has 0 radical (unpaired) electrons. The summed E-state index contributed by atoms with van der Waals surface area (Å²) < 4.78 is 15.0. The van der Waals surface area contributed by atoms with Gasteiger partial charge in [0.05, 0.1) is 16.9 Å². The van der Waals surface area contributed by atoms with Crippen LogP contribution in [-0.4, -0.2) is 50.9 Å². The number of amides is 1. The van der Waals surface area contributed by atoms with Crippen LogP contribution in [0.15, 0.2) is 53.3 Å². The van der Waals surface area contributed by atoms with Gasteiger partial charge in [0.25, 0.3) is 11.5 Å². The molecule has 32 heavy (non-hydrogen) atoms. The van der Waals surface area contributed by atoms with Crippen molar-refractivity contribution >= 4 is 16.8 Å². The van der Waals surface area contributed by atoms with Crippen molar-refractivity contribution in [2.75, 3.05) is 19.6 Å². The van der Waals surface area contributed by atoms with Crippen LogP contribution in [0.2, 0.25) is 0 Å². The average Bonchev–Trinajstić information content (AvgIpc) is 2.80. The van der Waals surface area contributed by atoms with E-state index in [1.54, 1.807) is 4.57 Å². The van der Waals surface area contributed by atoms with Crippen LogP contribution in [0.5, 0.6) is 0 Å². The van der Waals surface area contributed by atoms with E-state index in [0.29, 0.717) is 42.6 Å². The van der Waals surface area contributed by atoms with E-state index in [9.17, 15) is 14.0 Å². The number of carbonyl (C=O) groups excluding carboxylic acids is 1. The number of benzene rings is 2. The van der Waals surface area contributed by atoms with Crippen LogP contribution in [0.4, 0.5) is 4.39 Å². The van der Waals surface area contributed by atoms with Gasteiger partial charge in [-0.3, -0.25) is 19.1 Å². The maximum Gasteiger partial charge on any atom is 0.261 e. The summed E-state index contributed by atoms with van der Waals surface area (Å²) in [6.45, 7) is 8.59. The number of halogens is 1. The normalized spacial score (nSPS) is 18.1. The predicted molar refractivity (Wildman–Crippen MR) is 123 cm³/mol.